The van der Waals surface area contributed by atoms with Crippen LogP contribution in [0.15, 0.2) is 102 Å². The Labute approximate surface area is 431 Å². The minimum absolute atomic E-state index is 0.00850. The monoisotopic (exact) mass is 1070 g/mol. The Morgan fingerprint density at radius 1 is 0.699 bits per heavy atom. The van der Waals surface area contributed by atoms with Gasteiger partial charge in [0.25, 0.3) is 0 Å². The molecule has 9 atom stereocenters. The van der Waals surface area contributed by atoms with Gasteiger partial charge in [0.15, 0.2) is 12.3 Å². The molecule has 0 aromatic carbocycles. The number of rotatable bonds is 40. The van der Waals surface area contributed by atoms with Gasteiger partial charge in [0.05, 0.1) is 25.4 Å². The number of epoxide rings is 1. The lowest BCUT2D eigenvalue weighted by Gasteiger charge is -2.21. The normalized spacial score (nSPS) is 22.4. The van der Waals surface area contributed by atoms with E-state index in [1.54, 1.807) is 0 Å². The number of carbonyl (C=O) groups is 2. The third-order valence-corrected chi connectivity index (χ3v) is 14.0. The van der Waals surface area contributed by atoms with Gasteiger partial charge in [-0.25, -0.2) is 13.9 Å². The van der Waals surface area contributed by atoms with E-state index in [2.05, 4.69) is 90.0 Å². The van der Waals surface area contributed by atoms with Crippen molar-refractivity contribution >= 4 is 33.4 Å². The summed E-state index contributed by atoms with van der Waals surface area (Å²) in [4.78, 5) is 61.9. The second-order valence-corrected chi connectivity index (χ2v) is 20.7. The lowest BCUT2D eigenvalue weighted by Crippen LogP contribution is -2.36. The Balaban J connectivity index is 1.42. The predicted octanol–water partition coefficient (Wildman–Crippen LogP) is 9.65. The molecule has 2 fully saturated rings. The maximum Gasteiger partial charge on any atom is 0.481 e. The number of nitrogens with zero attached hydrogens (tertiary/aromatic N) is 2. The Bertz CT molecular complexity index is 2120. The van der Waals surface area contributed by atoms with Crippen LogP contribution in [0.1, 0.15) is 148 Å². The molecule has 21 heteroatoms. The number of nitrogen functional groups attached to an aromatic ring is 1. The van der Waals surface area contributed by atoms with Crippen molar-refractivity contribution < 1.29 is 71.0 Å². The molecular formula is C52H81N3O16P2. The number of hydrogen-bond donors (Lipinski definition) is 5. The van der Waals surface area contributed by atoms with Crippen LogP contribution in [0.3, 0.4) is 0 Å². The number of anilines is 1. The first-order chi connectivity index (χ1) is 35.1. The maximum absolute atomic E-state index is 12.9. The van der Waals surface area contributed by atoms with Gasteiger partial charge in [0.2, 0.25) is 0 Å². The van der Waals surface area contributed by atoms with E-state index in [1.165, 1.54) is 25.3 Å². The summed E-state index contributed by atoms with van der Waals surface area (Å²) in [5.41, 5.74) is 4.58. The van der Waals surface area contributed by atoms with Crippen LogP contribution >= 0.6 is 15.6 Å². The van der Waals surface area contributed by atoms with E-state index in [0.29, 0.717) is 31.5 Å². The molecule has 1 aromatic rings. The second-order valence-electron chi connectivity index (χ2n) is 17.7. The number of aliphatic hydroxyl groups excluding tert-OH is 2. The van der Waals surface area contributed by atoms with Crippen molar-refractivity contribution in [3.63, 3.8) is 0 Å². The van der Waals surface area contributed by atoms with Crippen molar-refractivity contribution in [1.29, 1.82) is 0 Å². The van der Waals surface area contributed by atoms with Crippen molar-refractivity contribution in [2.24, 2.45) is 0 Å². The number of unbranched alkanes of at least 4 members (excludes halogenated alkanes) is 7. The van der Waals surface area contributed by atoms with E-state index in [0.717, 1.165) is 87.8 Å². The largest absolute Gasteiger partial charge is 0.481 e. The average molecular weight is 1070 g/mol. The first kappa shape index (κ1) is 63.2. The summed E-state index contributed by atoms with van der Waals surface area (Å²) in [6.07, 6.45) is 39.9. The van der Waals surface area contributed by atoms with E-state index in [1.807, 2.05) is 18.2 Å². The van der Waals surface area contributed by atoms with E-state index in [9.17, 15) is 43.5 Å². The first-order valence-corrected chi connectivity index (χ1v) is 28.7. The molecule has 2 saturated heterocycles. The highest BCUT2D eigenvalue weighted by Crippen LogP contribution is 2.60. The van der Waals surface area contributed by atoms with Gasteiger partial charge in [0, 0.05) is 19.0 Å². The Hall–Kier alpha value is -4.10. The molecule has 0 bridgehead atoms. The summed E-state index contributed by atoms with van der Waals surface area (Å²) in [5, 5.41) is 20.9. The van der Waals surface area contributed by atoms with Crippen molar-refractivity contribution in [2.75, 3.05) is 25.6 Å². The molecule has 6 N–H and O–H groups in total. The maximum atomic E-state index is 12.9. The molecule has 19 nitrogen and oxygen atoms in total. The second kappa shape index (κ2) is 36.8. The minimum Gasteiger partial charge on any atom is -0.462 e. The molecule has 4 unspecified atom stereocenters. The molecule has 1 aromatic heterocycles. The molecule has 3 rings (SSSR count). The summed E-state index contributed by atoms with van der Waals surface area (Å²) in [5.74, 6) is -1.43. The molecule has 0 spiro atoms. The third kappa shape index (κ3) is 29.0. The summed E-state index contributed by atoms with van der Waals surface area (Å²) < 4.78 is 62.5. The summed E-state index contributed by atoms with van der Waals surface area (Å²) in [6, 6.07) is 1.24. The van der Waals surface area contributed by atoms with Gasteiger partial charge >= 0.3 is 33.3 Å². The zero-order chi connectivity index (χ0) is 53.2. The van der Waals surface area contributed by atoms with Crippen LogP contribution in [0.2, 0.25) is 0 Å². The first-order valence-electron chi connectivity index (χ1n) is 25.7. The molecule has 0 amide bonds. The number of carbonyl (C=O) groups excluding carboxylic acids is 2. The van der Waals surface area contributed by atoms with Crippen LogP contribution in [0.25, 0.3) is 0 Å². The Morgan fingerprint density at radius 3 is 1.95 bits per heavy atom. The van der Waals surface area contributed by atoms with Crippen LogP contribution in [0.5, 0.6) is 0 Å². The lowest BCUT2D eigenvalue weighted by atomic mass is 10.1. The highest BCUT2D eigenvalue weighted by atomic mass is 31.3. The number of nitrogens with two attached hydrogens (primary N) is 1. The zero-order valence-corrected chi connectivity index (χ0v) is 44.4. The number of hydrogen-bond acceptors (Lipinski definition) is 16. The number of esters is 2. The zero-order valence-electron chi connectivity index (χ0n) is 42.6. The van der Waals surface area contributed by atoms with E-state index in [-0.39, 0.29) is 18.7 Å². The quantitative estimate of drug-likeness (QED) is 0.0134. The smallest absolute Gasteiger partial charge is 0.462 e. The summed E-state index contributed by atoms with van der Waals surface area (Å²) >= 11 is 0. The predicted molar refractivity (Wildman–Crippen MR) is 279 cm³/mol. The Morgan fingerprint density at radius 2 is 1.30 bits per heavy atom. The fraction of sp³-hybridized carbons (Fsp3) is 0.615. The van der Waals surface area contributed by atoms with Crippen molar-refractivity contribution in [2.45, 2.75) is 185 Å². The Kier molecular flexibility index (Phi) is 31.8. The highest BCUT2D eigenvalue weighted by molar-refractivity contribution is 7.61. The van der Waals surface area contributed by atoms with E-state index in [4.69, 9.17) is 33.7 Å². The van der Waals surface area contributed by atoms with Crippen molar-refractivity contribution in [3.8, 4) is 0 Å². The van der Waals surface area contributed by atoms with Crippen LogP contribution in [0.4, 0.5) is 5.82 Å². The molecule has 73 heavy (non-hydrogen) atoms. The molecule has 410 valence electrons. The van der Waals surface area contributed by atoms with Gasteiger partial charge in [-0.1, -0.05) is 137 Å². The average Bonchev–Trinajstić information content (AvgIpc) is 4.04. The molecule has 2 aliphatic heterocycles. The summed E-state index contributed by atoms with van der Waals surface area (Å²) in [6.45, 7) is 1.91. The fourth-order valence-corrected chi connectivity index (χ4v) is 9.45. The number of phosphoric acid groups is 2. The third-order valence-electron chi connectivity index (χ3n) is 11.4. The molecule has 0 aliphatic carbocycles. The van der Waals surface area contributed by atoms with Crippen LogP contribution in [-0.2, 0) is 51.0 Å². The topological polar surface area (TPSA) is 278 Å². The van der Waals surface area contributed by atoms with Crippen molar-refractivity contribution in [1.82, 2.24) is 9.55 Å². The highest BCUT2D eigenvalue weighted by Gasteiger charge is 2.46. The van der Waals surface area contributed by atoms with Crippen LogP contribution in [-0.4, -0.2) is 97.9 Å². The van der Waals surface area contributed by atoms with Crippen LogP contribution < -0.4 is 11.4 Å². The van der Waals surface area contributed by atoms with Gasteiger partial charge in [-0.3, -0.25) is 23.2 Å². The SMILES string of the molecule is CC/C=C\C/C=C\C/C=C\C/C=C\C/C=C\C/C=C\CCC(=O)OC[C@H](COP(=O)(O)OP(=O)(O)OC[C@H]1O[C@@H](n2ccc(N)nc2=O)[C@H](O)[C@@H]1O)OC(=O)CCCCCCC/C=C\CC1OC1CCCCC. The van der Waals surface area contributed by atoms with E-state index >= 15 is 0 Å². The fourth-order valence-electron chi connectivity index (χ4n) is 7.34. The standard InChI is InChI=1S/C52H81N3O16P2/c1-3-5-7-8-9-10-11-12-13-14-15-16-17-18-19-20-24-27-31-35-47(56)65-39-42(68-48(57)36-32-28-25-22-21-23-26-30-34-44-43(69-44)33-29-6-4-2)40-66-72(61,62)71-73(63,64)67-41-45-49(58)50(59)51(70-45)55-38-37-46(53)54-52(55)60/h5,7,9-10,12-13,15-16,18-19,24,26-27,30,37-38,42-45,49-51,58-59H,3-4,6,8,11,14,17,20-23,25,28-29,31-36,39-41H2,1-2H3,(H,61,62)(H,63,64)(H2,53,54,60)/b7-5-,10-9-,13-12-,16-15-,19-18-,27-24-,30-26-/t42-,43?,44?,45-,49-,50-,51-/m1/s1. The van der Waals surface area contributed by atoms with E-state index < -0.39 is 83.7 Å². The van der Waals surface area contributed by atoms with Gasteiger partial charge in [-0.05, 0) is 83.1 Å². The van der Waals surface area contributed by atoms with Gasteiger partial charge < -0.3 is 44.7 Å². The number of ether oxygens (including phenoxy) is 4. The van der Waals surface area contributed by atoms with Crippen molar-refractivity contribution in [3.05, 3.63) is 108 Å². The molecule has 0 radical (unpaired) electrons. The van der Waals surface area contributed by atoms with Gasteiger partial charge in [0.1, 0.15) is 30.7 Å². The lowest BCUT2D eigenvalue weighted by molar-refractivity contribution is -0.161. The van der Waals surface area contributed by atoms with Gasteiger partial charge in [-0.2, -0.15) is 9.29 Å². The van der Waals surface area contributed by atoms with Crippen LogP contribution in [0, 0.1) is 0 Å². The number of phosphoric ester groups is 2. The molecular weight excluding hydrogens is 985 g/mol. The minimum atomic E-state index is -5.45. The number of aliphatic hydroxyl groups is 2. The summed E-state index contributed by atoms with van der Waals surface area (Å²) in [7, 11) is -10.9. The number of allylic oxidation sites excluding steroid dienone is 13. The molecule has 2 aliphatic rings. The molecule has 3 heterocycles. The molecule has 0 saturated carbocycles. The number of aromatic nitrogens is 2. The van der Waals surface area contributed by atoms with Gasteiger partial charge in [-0.15, -0.1) is 0 Å².